The Morgan fingerprint density at radius 1 is 1.47 bits per heavy atom. The minimum Gasteiger partial charge on any atom is -0.444 e. The van der Waals surface area contributed by atoms with Crippen molar-refractivity contribution >= 4 is 12.4 Å². The van der Waals surface area contributed by atoms with Crippen LogP contribution in [0.25, 0.3) is 0 Å². The highest BCUT2D eigenvalue weighted by molar-refractivity contribution is 5.70. The zero-order valence-corrected chi connectivity index (χ0v) is 10.4. The molecule has 17 heavy (non-hydrogen) atoms. The van der Waals surface area contributed by atoms with Gasteiger partial charge in [-0.2, -0.15) is 0 Å². The van der Waals surface area contributed by atoms with Gasteiger partial charge in [-0.25, -0.2) is 4.79 Å². The van der Waals surface area contributed by atoms with Gasteiger partial charge >= 0.3 is 6.09 Å². The predicted molar refractivity (Wildman–Crippen MR) is 62.6 cm³/mol. The van der Waals surface area contributed by atoms with Crippen LogP contribution in [0.5, 0.6) is 0 Å². The van der Waals surface area contributed by atoms with E-state index in [0.717, 1.165) is 0 Å². The van der Waals surface area contributed by atoms with Gasteiger partial charge in [0.1, 0.15) is 11.9 Å². The SMILES string of the molecule is CC(C)(C)OC(=O)N1CC[C@H](O)[C@H]1/C=C/C=O. The summed E-state index contributed by atoms with van der Waals surface area (Å²) >= 11 is 0. The van der Waals surface area contributed by atoms with Crippen LogP contribution < -0.4 is 0 Å². The van der Waals surface area contributed by atoms with Gasteiger partial charge in [-0.3, -0.25) is 9.69 Å². The van der Waals surface area contributed by atoms with Crippen LogP contribution in [-0.2, 0) is 9.53 Å². The number of nitrogens with zero attached hydrogens (tertiary/aromatic N) is 1. The number of carbonyl (C=O) groups excluding carboxylic acids is 2. The molecule has 0 aromatic rings. The maximum atomic E-state index is 11.9. The van der Waals surface area contributed by atoms with Gasteiger partial charge in [-0.05, 0) is 33.3 Å². The minimum atomic E-state index is -0.640. The Morgan fingerprint density at radius 3 is 2.65 bits per heavy atom. The molecule has 0 spiro atoms. The van der Waals surface area contributed by atoms with Crippen LogP contribution in [0.1, 0.15) is 27.2 Å². The fourth-order valence-corrected chi connectivity index (χ4v) is 1.72. The summed E-state index contributed by atoms with van der Waals surface area (Å²) in [5.74, 6) is 0. The second-order valence-electron chi connectivity index (χ2n) is 5.04. The molecule has 1 saturated heterocycles. The van der Waals surface area contributed by atoms with E-state index in [9.17, 15) is 14.7 Å². The molecule has 0 aromatic heterocycles. The Morgan fingerprint density at radius 2 is 2.12 bits per heavy atom. The van der Waals surface area contributed by atoms with Crippen molar-refractivity contribution in [2.24, 2.45) is 0 Å². The first-order valence-corrected chi connectivity index (χ1v) is 5.65. The molecule has 0 aliphatic carbocycles. The average Bonchev–Trinajstić information content (AvgIpc) is 2.54. The highest BCUT2D eigenvalue weighted by Gasteiger charge is 2.36. The van der Waals surface area contributed by atoms with E-state index in [1.165, 1.54) is 17.1 Å². The van der Waals surface area contributed by atoms with Gasteiger partial charge < -0.3 is 9.84 Å². The van der Waals surface area contributed by atoms with E-state index in [4.69, 9.17) is 4.74 Å². The average molecular weight is 241 g/mol. The molecular formula is C12H19NO4. The summed E-state index contributed by atoms with van der Waals surface area (Å²) in [5, 5.41) is 9.72. The molecule has 1 aliphatic heterocycles. The standard InChI is InChI=1S/C12H19NO4/c1-12(2,3)17-11(16)13-7-6-10(15)9(13)5-4-8-14/h4-5,8-10,15H,6-7H2,1-3H3/b5-4+/t9-,10+/m1/s1. The summed E-state index contributed by atoms with van der Waals surface area (Å²) in [6.07, 6.45) is 2.82. The van der Waals surface area contributed by atoms with E-state index in [1.54, 1.807) is 20.8 Å². The first-order valence-electron chi connectivity index (χ1n) is 5.65. The molecular weight excluding hydrogens is 222 g/mol. The van der Waals surface area contributed by atoms with Crippen molar-refractivity contribution < 1.29 is 19.4 Å². The van der Waals surface area contributed by atoms with Crippen molar-refractivity contribution in [2.45, 2.75) is 44.9 Å². The first kappa shape index (κ1) is 13.7. The number of aliphatic hydroxyl groups excluding tert-OH is 1. The number of aldehydes is 1. The summed E-state index contributed by atoms with van der Waals surface area (Å²) in [7, 11) is 0. The van der Waals surface area contributed by atoms with Gasteiger partial charge in [0.05, 0.1) is 12.1 Å². The third-order valence-electron chi connectivity index (χ3n) is 2.43. The third kappa shape index (κ3) is 3.85. The smallest absolute Gasteiger partial charge is 0.410 e. The molecule has 0 radical (unpaired) electrons. The van der Waals surface area contributed by atoms with Gasteiger partial charge in [0, 0.05) is 6.54 Å². The number of hydrogen-bond acceptors (Lipinski definition) is 4. The summed E-state index contributed by atoms with van der Waals surface area (Å²) in [4.78, 5) is 23.6. The first-order chi connectivity index (χ1) is 7.85. The van der Waals surface area contributed by atoms with E-state index < -0.39 is 23.8 Å². The van der Waals surface area contributed by atoms with E-state index in [0.29, 0.717) is 19.3 Å². The molecule has 1 aliphatic rings. The van der Waals surface area contributed by atoms with Crippen LogP contribution in [0.15, 0.2) is 12.2 Å². The molecule has 96 valence electrons. The molecule has 1 heterocycles. The van der Waals surface area contributed by atoms with Crippen LogP contribution in [0.4, 0.5) is 4.79 Å². The zero-order valence-electron chi connectivity index (χ0n) is 10.4. The summed E-state index contributed by atoms with van der Waals surface area (Å²) in [5.41, 5.74) is -0.566. The van der Waals surface area contributed by atoms with Crippen LogP contribution in [0.2, 0.25) is 0 Å². The lowest BCUT2D eigenvalue weighted by Crippen LogP contribution is -2.41. The Kier molecular flexibility index (Phi) is 4.28. The van der Waals surface area contributed by atoms with Crippen molar-refractivity contribution in [3.05, 3.63) is 12.2 Å². The zero-order chi connectivity index (χ0) is 13.1. The number of likely N-dealkylation sites (tertiary alicyclic amines) is 1. The molecule has 0 saturated carbocycles. The van der Waals surface area contributed by atoms with E-state index in [-0.39, 0.29) is 0 Å². The minimum absolute atomic E-state index is 0.434. The lowest BCUT2D eigenvalue weighted by Gasteiger charge is -2.27. The van der Waals surface area contributed by atoms with E-state index in [1.807, 2.05) is 0 Å². The largest absolute Gasteiger partial charge is 0.444 e. The number of carbonyl (C=O) groups is 2. The molecule has 1 N–H and O–H groups in total. The molecule has 5 heteroatoms. The predicted octanol–water partition coefficient (Wildman–Crippen LogP) is 1.11. The highest BCUT2D eigenvalue weighted by Crippen LogP contribution is 2.22. The lowest BCUT2D eigenvalue weighted by molar-refractivity contribution is -0.104. The summed E-state index contributed by atoms with van der Waals surface area (Å²) in [6, 6.07) is -0.477. The van der Waals surface area contributed by atoms with Crippen molar-refractivity contribution in [1.29, 1.82) is 0 Å². The van der Waals surface area contributed by atoms with Crippen LogP contribution >= 0.6 is 0 Å². The van der Waals surface area contributed by atoms with E-state index >= 15 is 0 Å². The molecule has 2 atom stereocenters. The highest BCUT2D eigenvalue weighted by atomic mass is 16.6. The quantitative estimate of drug-likeness (QED) is 0.581. The van der Waals surface area contributed by atoms with Crippen LogP contribution in [0.3, 0.4) is 0 Å². The Bertz CT molecular complexity index is 319. The number of rotatable bonds is 2. The van der Waals surface area contributed by atoms with Crippen molar-refractivity contribution in [2.75, 3.05) is 6.54 Å². The number of allylic oxidation sites excluding steroid dienone is 1. The van der Waals surface area contributed by atoms with Gasteiger partial charge in [0.15, 0.2) is 0 Å². The van der Waals surface area contributed by atoms with Crippen LogP contribution in [-0.4, -0.2) is 46.7 Å². The van der Waals surface area contributed by atoms with E-state index in [2.05, 4.69) is 0 Å². The van der Waals surface area contributed by atoms with Gasteiger partial charge in [-0.15, -0.1) is 0 Å². The Hall–Kier alpha value is -1.36. The fourth-order valence-electron chi connectivity index (χ4n) is 1.72. The topological polar surface area (TPSA) is 66.8 Å². The summed E-state index contributed by atoms with van der Waals surface area (Å²) < 4.78 is 5.23. The fraction of sp³-hybridized carbons (Fsp3) is 0.667. The number of aliphatic hydroxyl groups is 1. The van der Waals surface area contributed by atoms with Crippen molar-refractivity contribution in [1.82, 2.24) is 4.90 Å². The number of hydrogen-bond donors (Lipinski definition) is 1. The molecule has 0 unspecified atom stereocenters. The molecule has 0 bridgehead atoms. The lowest BCUT2D eigenvalue weighted by atomic mass is 10.1. The summed E-state index contributed by atoms with van der Waals surface area (Å²) in [6.45, 7) is 5.79. The number of amides is 1. The normalized spacial score (nSPS) is 25.3. The van der Waals surface area contributed by atoms with Crippen molar-refractivity contribution in [3.8, 4) is 0 Å². The maximum absolute atomic E-state index is 11.9. The third-order valence-corrected chi connectivity index (χ3v) is 2.43. The second-order valence-corrected chi connectivity index (χ2v) is 5.04. The maximum Gasteiger partial charge on any atom is 0.410 e. The van der Waals surface area contributed by atoms with Crippen LogP contribution in [0, 0.1) is 0 Å². The molecule has 1 amide bonds. The molecule has 1 rings (SSSR count). The second kappa shape index (κ2) is 5.31. The number of ether oxygens (including phenoxy) is 1. The Balaban J connectivity index is 2.72. The molecule has 5 nitrogen and oxygen atoms in total. The Labute approximate surface area is 101 Å². The van der Waals surface area contributed by atoms with Crippen molar-refractivity contribution in [3.63, 3.8) is 0 Å². The van der Waals surface area contributed by atoms with Gasteiger partial charge in [0.25, 0.3) is 0 Å². The monoisotopic (exact) mass is 241 g/mol. The van der Waals surface area contributed by atoms with Gasteiger partial charge in [0.2, 0.25) is 0 Å². The molecule has 0 aromatic carbocycles. The molecule has 1 fully saturated rings. The van der Waals surface area contributed by atoms with Gasteiger partial charge in [-0.1, -0.05) is 6.08 Å².